The van der Waals surface area contributed by atoms with Crippen molar-refractivity contribution in [1.82, 2.24) is 10.2 Å². The number of carbonyl (C=O) groups excluding carboxylic acids is 1. The molecule has 1 aromatic carbocycles. The number of amides is 2. The quantitative estimate of drug-likeness (QED) is 0.750. The molecule has 0 aliphatic carbocycles. The third kappa shape index (κ3) is 5.22. The molecule has 0 saturated carbocycles. The van der Waals surface area contributed by atoms with Gasteiger partial charge in [0.1, 0.15) is 0 Å². The van der Waals surface area contributed by atoms with E-state index in [4.69, 9.17) is 0 Å². The van der Waals surface area contributed by atoms with Gasteiger partial charge < -0.3 is 20.4 Å². The van der Waals surface area contributed by atoms with Crippen molar-refractivity contribution in [2.45, 2.75) is 38.2 Å². The van der Waals surface area contributed by atoms with E-state index in [1.54, 1.807) is 11.8 Å². The fourth-order valence-electron chi connectivity index (χ4n) is 3.18. The topological polar surface area (TPSA) is 72.8 Å². The van der Waals surface area contributed by atoms with E-state index in [0.717, 1.165) is 24.9 Å². The number of hydrogen-bond acceptors (Lipinski definition) is 3. The Balaban J connectivity index is 1.88. The highest BCUT2D eigenvalue weighted by molar-refractivity contribution is 5.74. The number of urea groups is 1. The number of likely N-dealkylation sites (tertiary alicyclic amines) is 1. The molecule has 3 unspecified atom stereocenters. The minimum absolute atomic E-state index is 0.0748. The van der Waals surface area contributed by atoms with Crippen LogP contribution in [0.2, 0.25) is 0 Å². The summed E-state index contributed by atoms with van der Waals surface area (Å²) < 4.78 is 0. The van der Waals surface area contributed by atoms with Gasteiger partial charge in [0.15, 0.2) is 0 Å². The number of hydrogen-bond donors (Lipinski definition) is 3. The predicted molar refractivity (Wildman–Crippen MR) is 90.3 cm³/mol. The Hall–Kier alpha value is -1.59. The summed E-state index contributed by atoms with van der Waals surface area (Å²) in [6.45, 7) is 3.76. The summed E-state index contributed by atoms with van der Waals surface area (Å²) >= 11 is 0. The number of piperidine rings is 1. The van der Waals surface area contributed by atoms with Crippen molar-refractivity contribution in [3.8, 4) is 0 Å². The lowest BCUT2D eigenvalue weighted by atomic mass is 9.93. The van der Waals surface area contributed by atoms with Crippen LogP contribution in [0.4, 0.5) is 4.79 Å². The summed E-state index contributed by atoms with van der Waals surface area (Å²) in [5, 5.41) is 22.0. The zero-order valence-corrected chi connectivity index (χ0v) is 13.8. The lowest BCUT2D eigenvalue weighted by Gasteiger charge is -2.34. The first-order valence-electron chi connectivity index (χ1n) is 8.48. The van der Waals surface area contributed by atoms with Gasteiger partial charge in [-0.15, -0.1) is 0 Å². The Morgan fingerprint density at radius 1 is 1.39 bits per heavy atom. The highest BCUT2D eigenvalue weighted by Crippen LogP contribution is 2.21. The summed E-state index contributed by atoms with van der Waals surface area (Å²) in [4.78, 5) is 14.2. The number of nitrogens with one attached hydrogen (secondary N) is 1. The smallest absolute Gasteiger partial charge is 0.317 e. The number of carbonyl (C=O) groups is 1. The lowest BCUT2D eigenvalue weighted by Crippen LogP contribution is -2.48. The van der Waals surface area contributed by atoms with Crippen LogP contribution in [0.3, 0.4) is 0 Å². The van der Waals surface area contributed by atoms with E-state index in [9.17, 15) is 15.0 Å². The molecule has 1 fully saturated rings. The number of benzene rings is 1. The Morgan fingerprint density at radius 3 is 2.78 bits per heavy atom. The van der Waals surface area contributed by atoms with Gasteiger partial charge in [0.2, 0.25) is 0 Å². The maximum atomic E-state index is 12.4. The van der Waals surface area contributed by atoms with E-state index in [0.29, 0.717) is 19.5 Å². The van der Waals surface area contributed by atoms with Crippen LogP contribution in [-0.2, 0) is 0 Å². The van der Waals surface area contributed by atoms with Gasteiger partial charge in [0.25, 0.3) is 0 Å². The van der Waals surface area contributed by atoms with Gasteiger partial charge in [0.05, 0.1) is 6.10 Å². The minimum atomic E-state index is -0.378. The molecule has 5 heteroatoms. The van der Waals surface area contributed by atoms with Crippen molar-refractivity contribution in [3.63, 3.8) is 0 Å². The van der Waals surface area contributed by atoms with Gasteiger partial charge in [-0.1, -0.05) is 30.3 Å². The Labute approximate surface area is 138 Å². The second-order valence-corrected chi connectivity index (χ2v) is 6.39. The highest BCUT2D eigenvalue weighted by Gasteiger charge is 2.26. The molecule has 5 nitrogen and oxygen atoms in total. The molecule has 3 atom stereocenters. The highest BCUT2D eigenvalue weighted by atomic mass is 16.3. The van der Waals surface area contributed by atoms with E-state index in [2.05, 4.69) is 5.32 Å². The molecule has 128 valence electrons. The van der Waals surface area contributed by atoms with Crippen LogP contribution < -0.4 is 5.32 Å². The first-order chi connectivity index (χ1) is 11.1. The van der Waals surface area contributed by atoms with Gasteiger partial charge in [-0.05, 0) is 31.7 Å². The fraction of sp³-hybridized carbons (Fsp3) is 0.611. The SMILES string of the molecule is CC(O)C1CCCN(C(=O)NCC(CCO)c2ccccc2)C1. The molecule has 0 radical (unpaired) electrons. The molecular formula is C18H28N2O3. The number of aliphatic hydroxyl groups is 2. The zero-order valence-electron chi connectivity index (χ0n) is 13.8. The third-order valence-electron chi connectivity index (χ3n) is 4.68. The minimum Gasteiger partial charge on any atom is -0.396 e. The Bertz CT molecular complexity index is 478. The molecule has 1 saturated heterocycles. The van der Waals surface area contributed by atoms with Crippen LogP contribution >= 0.6 is 0 Å². The molecule has 3 N–H and O–H groups in total. The maximum absolute atomic E-state index is 12.4. The van der Waals surface area contributed by atoms with E-state index in [1.807, 2.05) is 30.3 Å². The van der Waals surface area contributed by atoms with Gasteiger partial charge in [-0.3, -0.25) is 0 Å². The van der Waals surface area contributed by atoms with Crippen LogP contribution in [0, 0.1) is 5.92 Å². The summed E-state index contributed by atoms with van der Waals surface area (Å²) in [5.74, 6) is 0.277. The van der Waals surface area contributed by atoms with E-state index < -0.39 is 0 Å². The Morgan fingerprint density at radius 2 is 2.13 bits per heavy atom. The molecule has 1 aromatic rings. The van der Waals surface area contributed by atoms with Gasteiger partial charge in [-0.25, -0.2) is 4.79 Å². The number of nitrogens with zero attached hydrogens (tertiary/aromatic N) is 1. The summed E-state index contributed by atoms with van der Waals surface area (Å²) in [5.41, 5.74) is 1.13. The molecule has 23 heavy (non-hydrogen) atoms. The number of rotatable bonds is 6. The average molecular weight is 320 g/mol. The van der Waals surface area contributed by atoms with Crippen molar-refractivity contribution in [1.29, 1.82) is 0 Å². The summed E-state index contributed by atoms with van der Waals surface area (Å²) in [6.07, 6.45) is 2.15. The van der Waals surface area contributed by atoms with Crippen molar-refractivity contribution in [2.75, 3.05) is 26.2 Å². The normalized spacial score (nSPS) is 20.8. The standard InChI is InChI=1S/C18H28N2O3/c1-14(22)17-8-5-10-20(13-17)18(23)19-12-16(9-11-21)15-6-3-2-4-7-15/h2-4,6-7,14,16-17,21-22H,5,8-13H2,1H3,(H,19,23). The largest absolute Gasteiger partial charge is 0.396 e. The molecule has 0 aromatic heterocycles. The molecular weight excluding hydrogens is 292 g/mol. The zero-order chi connectivity index (χ0) is 16.7. The maximum Gasteiger partial charge on any atom is 0.317 e. The van der Waals surface area contributed by atoms with Crippen LogP contribution in [-0.4, -0.2) is 53.5 Å². The van der Waals surface area contributed by atoms with Crippen molar-refractivity contribution in [2.24, 2.45) is 5.92 Å². The molecule has 2 rings (SSSR count). The van der Waals surface area contributed by atoms with E-state index in [-0.39, 0.29) is 30.6 Å². The molecule has 1 aliphatic heterocycles. The van der Waals surface area contributed by atoms with Crippen molar-refractivity contribution in [3.05, 3.63) is 35.9 Å². The van der Waals surface area contributed by atoms with Crippen molar-refractivity contribution < 1.29 is 15.0 Å². The predicted octanol–water partition coefficient (Wildman–Crippen LogP) is 1.96. The first-order valence-corrected chi connectivity index (χ1v) is 8.48. The van der Waals surface area contributed by atoms with Crippen LogP contribution in [0.5, 0.6) is 0 Å². The lowest BCUT2D eigenvalue weighted by molar-refractivity contribution is 0.0738. The van der Waals surface area contributed by atoms with E-state index in [1.165, 1.54) is 0 Å². The third-order valence-corrected chi connectivity index (χ3v) is 4.68. The van der Waals surface area contributed by atoms with E-state index >= 15 is 0 Å². The molecule has 1 aliphatic rings. The number of aliphatic hydroxyl groups excluding tert-OH is 2. The van der Waals surface area contributed by atoms with Crippen LogP contribution in [0.15, 0.2) is 30.3 Å². The molecule has 0 spiro atoms. The summed E-state index contributed by atoms with van der Waals surface area (Å²) in [7, 11) is 0. The molecule has 1 heterocycles. The van der Waals surface area contributed by atoms with Gasteiger partial charge in [-0.2, -0.15) is 0 Å². The van der Waals surface area contributed by atoms with Gasteiger partial charge in [0, 0.05) is 38.1 Å². The van der Waals surface area contributed by atoms with Crippen molar-refractivity contribution >= 4 is 6.03 Å². The second kappa shape index (κ2) is 8.89. The second-order valence-electron chi connectivity index (χ2n) is 6.39. The van der Waals surface area contributed by atoms with Gasteiger partial charge >= 0.3 is 6.03 Å². The monoisotopic (exact) mass is 320 g/mol. The molecule has 0 bridgehead atoms. The van der Waals surface area contributed by atoms with Crippen LogP contribution in [0.1, 0.15) is 37.7 Å². The first kappa shape index (κ1) is 17.8. The fourth-order valence-corrected chi connectivity index (χ4v) is 3.18. The Kier molecular flexibility index (Phi) is 6.86. The molecule has 2 amide bonds. The van der Waals surface area contributed by atoms with Crippen LogP contribution in [0.25, 0.3) is 0 Å². The average Bonchev–Trinajstić information content (AvgIpc) is 2.59. The summed E-state index contributed by atoms with van der Waals surface area (Å²) in [6, 6.07) is 9.88.